The maximum atomic E-state index is 13.9. The van der Waals surface area contributed by atoms with Crippen LogP contribution >= 0.6 is 0 Å². The minimum absolute atomic E-state index is 0.316. The van der Waals surface area contributed by atoms with Gasteiger partial charge in [0.25, 0.3) is 0 Å². The van der Waals surface area contributed by atoms with Crippen LogP contribution < -0.4 is 0 Å². The zero-order valence-electron chi connectivity index (χ0n) is 12.5. The van der Waals surface area contributed by atoms with Crippen LogP contribution in [0.25, 0.3) is 16.5 Å². The van der Waals surface area contributed by atoms with Gasteiger partial charge >= 0.3 is 0 Å². The van der Waals surface area contributed by atoms with Crippen LogP contribution in [0, 0.1) is 12.7 Å². The second-order valence-corrected chi connectivity index (χ2v) is 4.65. The summed E-state index contributed by atoms with van der Waals surface area (Å²) in [6, 6.07) is 5.00. The third-order valence-corrected chi connectivity index (χ3v) is 3.37. The molecule has 0 fully saturated rings. The van der Waals surface area contributed by atoms with Crippen LogP contribution in [-0.4, -0.2) is 12.1 Å². The second kappa shape index (κ2) is 6.35. The van der Waals surface area contributed by atoms with Crippen molar-refractivity contribution in [1.82, 2.24) is 4.98 Å². The Hall–Kier alpha value is -2.42. The van der Waals surface area contributed by atoms with Gasteiger partial charge in [0, 0.05) is 11.6 Å². The minimum Gasteiger partial charge on any atom is -0.497 e. The van der Waals surface area contributed by atoms with Crippen molar-refractivity contribution in [3.05, 3.63) is 71.9 Å². The van der Waals surface area contributed by atoms with Crippen molar-refractivity contribution < 1.29 is 9.13 Å². The number of aryl methyl sites for hydroxylation is 1. The molecule has 0 saturated carbocycles. The molecule has 0 N–H and O–H groups in total. The molecular weight excluding hydrogens is 265 g/mol. The third-order valence-electron chi connectivity index (χ3n) is 3.37. The van der Waals surface area contributed by atoms with Crippen molar-refractivity contribution in [2.45, 2.75) is 13.8 Å². The Morgan fingerprint density at radius 1 is 1.38 bits per heavy atom. The van der Waals surface area contributed by atoms with E-state index in [1.165, 1.54) is 6.07 Å². The van der Waals surface area contributed by atoms with Gasteiger partial charge in [-0.1, -0.05) is 24.8 Å². The number of para-hydroxylation sites is 1. The molecule has 3 heteroatoms. The summed E-state index contributed by atoms with van der Waals surface area (Å²) < 4.78 is 19.2. The molecule has 1 heterocycles. The Labute approximate surface area is 124 Å². The van der Waals surface area contributed by atoms with E-state index < -0.39 is 0 Å². The number of pyridine rings is 1. The third kappa shape index (κ3) is 2.87. The van der Waals surface area contributed by atoms with Gasteiger partial charge in [0.2, 0.25) is 0 Å². The van der Waals surface area contributed by atoms with Crippen LogP contribution in [0.4, 0.5) is 4.39 Å². The summed E-state index contributed by atoms with van der Waals surface area (Å²) >= 11 is 0. The molecule has 0 amide bonds. The first kappa shape index (κ1) is 15.0. The van der Waals surface area contributed by atoms with Gasteiger partial charge < -0.3 is 4.74 Å². The summed E-state index contributed by atoms with van der Waals surface area (Å²) in [7, 11) is 1.60. The van der Waals surface area contributed by atoms with Gasteiger partial charge in [0.15, 0.2) is 0 Å². The largest absolute Gasteiger partial charge is 0.497 e. The number of halogens is 1. The molecule has 0 aliphatic rings. The smallest absolute Gasteiger partial charge is 0.149 e. The lowest BCUT2D eigenvalue weighted by Crippen LogP contribution is -1.95. The Bertz CT molecular complexity index is 744. The summed E-state index contributed by atoms with van der Waals surface area (Å²) in [4.78, 5) is 4.20. The first-order valence-corrected chi connectivity index (χ1v) is 6.71. The van der Waals surface area contributed by atoms with E-state index in [-0.39, 0.29) is 5.82 Å². The maximum absolute atomic E-state index is 13.9. The number of benzene rings is 1. The predicted octanol–water partition coefficient (Wildman–Crippen LogP) is 4.80. The molecule has 0 radical (unpaired) electrons. The summed E-state index contributed by atoms with van der Waals surface area (Å²) in [5.74, 6) is 0.340. The van der Waals surface area contributed by atoms with Crippen molar-refractivity contribution in [3.63, 3.8) is 0 Å². The van der Waals surface area contributed by atoms with Gasteiger partial charge in [-0.05, 0) is 48.8 Å². The van der Waals surface area contributed by atoms with Crippen molar-refractivity contribution in [3.8, 4) is 0 Å². The van der Waals surface area contributed by atoms with E-state index in [1.807, 2.05) is 32.1 Å². The molecule has 2 nitrogen and oxygen atoms in total. The molecule has 2 rings (SSSR count). The number of nitrogens with zero attached hydrogens (tertiary/aromatic N) is 1. The monoisotopic (exact) mass is 283 g/mol. The van der Waals surface area contributed by atoms with E-state index in [1.54, 1.807) is 25.4 Å². The summed E-state index contributed by atoms with van der Waals surface area (Å²) in [5, 5.41) is 0.791. The highest BCUT2D eigenvalue weighted by molar-refractivity contribution is 5.95. The molecule has 0 unspecified atom stereocenters. The van der Waals surface area contributed by atoms with E-state index in [0.29, 0.717) is 11.3 Å². The van der Waals surface area contributed by atoms with Crippen LogP contribution in [0.5, 0.6) is 0 Å². The molecule has 1 aromatic heterocycles. The summed E-state index contributed by atoms with van der Waals surface area (Å²) in [6.45, 7) is 7.62. The van der Waals surface area contributed by atoms with Crippen LogP contribution in [0.15, 0.2) is 55.0 Å². The summed E-state index contributed by atoms with van der Waals surface area (Å²) in [6.07, 6.45) is 7.19. The van der Waals surface area contributed by atoms with Gasteiger partial charge in [-0.2, -0.15) is 0 Å². The van der Waals surface area contributed by atoms with E-state index in [2.05, 4.69) is 11.6 Å². The number of rotatable bonds is 4. The van der Waals surface area contributed by atoms with Crippen LogP contribution in [0.1, 0.15) is 18.1 Å². The van der Waals surface area contributed by atoms with E-state index >= 15 is 0 Å². The van der Waals surface area contributed by atoms with Gasteiger partial charge in [-0.3, -0.25) is 4.98 Å². The Balaban J connectivity index is 2.75. The average molecular weight is 283 g/mol. The highest BCUT2D eigenvalue weighted by Gasteiger charge is 2.12. The van der Waals surface area contributed by atoms with E-state index in [4.69, 9.17) is 4.74 Å². The second-order valence-electron chi connectivity index (χ2n) is 4.65. The Kier molecular flexibility index (Phi) is 4.53. The number of ether oxygens (including phenoxy) is 1. The average Bonchev–Trinajstić information content (AvgIpc) is 2.50. The number of allylic oxidation sites excluding steroid dienone is 4. The molecule has 1 aromatic carbocycles. The number of hydrogen-bond donors (Lipinski definition) is 0. The quantitative estimate of drug-likeness (QED) is 0.594. The molecule has 0 aliphatic heterocycles. The molecular formula is C18H18FNO. The lowest BCUT2D eigenvalue weighted by molar-refractivity contribution is 0.307. The molecule has 0 spiro atoms. The Morgan fingerprint density at radius 2 is 2.14 bits per heavy atom. The first-order chi connectivity index (χ1) is 10.1. The van der Waals surface area contributed by atoms with Crippen molar-refractivity contribution in [1.29, 1.82) is 0 Å². The molecule has 0 saturated heterocycles. The van der Waals surface area contributed by atoms with Crippen LogP contribution in [-0.2, 0) is 4.74 Å². The highest BCUT2D eigenvalue weighted by Crippen LogP contribution is 2.30. The molecule has 0 bridgehead atoms. The number of hydrogen-bond acceptors (Lipinski definition) is 2. The number of methoxy groups -OCH3 is 1. The fourth-order valence-electron chi connectivity index (χ4n) is 2.32. The lowest BCUT2D eigenvalue weighted by Gasteiger charge is -2.12. The normalized spacial score (nSPS) is 12.6. The molecule has 0 atom stereocenters. The topological polar surface area (TPSA) is 22.1 Å². The van der Waals surface area contributed by atoms with Gasteiger partial charge in [-0.25, -0.2) is 4.39 Å². The van der Waals surface area contributed by atoms with Crippen molar-refractivity contribution in [2.24, 2.45) is 0 Å². The van der Waals surface area contributed by atoms with Crippen molar-refractivity contribution >= 4 is 16.5 Å². The van der Waals surface area contributed by atoms with Gasteiger partial charge in [0.1, 0.15) is 17.1 Å². The zero-order valence-corrected chi connectivity index (χ0v) is 12.5. The van der Waals surface area contributed by atoms with E-state index in [0.717, 1.165) is 22.1 Å². The SMILES string of the molecule is C=C/C(=C\C(=C/C)c1c(C)cnc2c(F)cccc12)OC. The summed E-state index contributed by atoms with van der Waals surface area (Å²) in [5.41, 5.74) is 3.26. The molecule has 21 heavy (non-hydrogen) atoms. The fraction of sp³-hybridized carbons (Fsp3) is 0.167. The van der Waals surface area contributed by atoms with E-state index in [9.17, 15) is 4.39 Å². The Morgan fingerprint density at radius 3 is 2.76 bits per heavy atom. The standard InChI is InChI=1S/C18H18FNO/c1-5-13(10-14(6-2)21-4)17-12(3)11-20-18-15(17)8-7-9-16(18)19/h5-11H,2H2,1,3-4H3/b13-5+,14-10+. The molecule has 0 aliphatic carbocycles. The van der Waals surface area contributed by atoms with Gasteiger partial charge in [-0.15, -0.1) is 0 Å². The van der Waals surface area contributed by atoms with Crippen molar-refractivity contribution in [2.75, 3.05) is 7.11 Å². The maximum Gasteiger partial charge on any atom is 0.149 e. The lowest BCUT2D eigenvalue weighted by atomic mass is 9.96. The number of aromatic nitrogens is 1. The zero-order chi connectivity index (χ0) is 15.4. The molecule has 2 aromatic rings. The van der Waals surface area contributed by atoms with Crippen LogP contribution in [0.3, 0.4) is 0 Å². The predicted molar refractivity (Wildman–Crippen MR) is 85.4 cm³/mol. The van der Waals surface area contributed by atoms with Gasteiger partial charge in [0.05, 0.1) is 7.11 Å². The minimum atomic E-state index is -0.316. The molecule has 108 valence electrons. The fourth-order valence-corrected chi connectivity index (χ4v) is 2.32. The highest BCUT2D eigenvalue weighted by atomic mass is 19.1. The first-order valence-electron chi connectivity index (χ1n) is 6.71. The number of fused-ring (bicyclic) bond motifs is 1. The van der Waals surface area contributed by atoms with Crippen LogP contribution in [0.2, 0.25) is 0 Å².